The molecule has 0 aliphatic heterocycles. The summed E-state index contributed by atoms with van der Waals surface area (Å²) < 4.78 is 10.6. The van der Waals surface area contributed by atoms with Crippen molar-refractivity contribution in [2.75, 3.05) is 26.1 Å². The molecule has 116 valence electrons. The lowest BCUT2D eigenvalue weighted by Gasteiger charge is -2.12. The van der Waals surface area contributed by atoms with Gasteiger partial charge in [-0.15, -0.1) is 0 Å². The first-order chi connectivity index (χ1) is 10.7. The van der Waals surface area contributed by atoms with Crippen molar-refractivity contribution in [1.29, 1.82) is 0 Å². The van der Waals surface area contributed by atoms with Crippen molar-refractivity contribution in [2.45, 2.75) is 6.42 Å². The summed E-state index contributed by atoms with van der Waals surface area (Å²) in [6.45, 7) is 0.683. The highest BCUT2D eigenvalue weighted by molar-refractivity contribution is 7.80. The number of nitrogens with zero attached hydrogens (tertiary/aromatic N) is 1. The van der Waals surface area contributed by atoms with Crippen LogP contribution in [0.15, 0.2) is 42.6 Å². The van der Waals surface area contributed by atoms with Crippen molar-refractivity contribution in [2.24, 2.45) is 0 Å². The van der Waals surface area contributed by atoms with Gasteiger partial charge in [-0.3, -0.25) is 0 Å². The van der Waals surface area contributed by atoms with Crippen molar-refractivity contribution in [1.82, 2.24) is 10.3 Å². The van der Waals surface area contributed by atoms with Gasteiger partial charge in [0.1, 0.15) is 17.3 Å². The smallest absolute Gasteiger partial charge is 0.171 e. The molecule has 2 N–H and O–H groups in total. The maximum Gasteiger partial charge on any atom is 0.171 e. The Hall–Kier alpha value is -2.34. The first-order valence-electron chi connectivity index (χ1n) is 6.89. The van der Waals surface area contributed by atoms with Gasteiger partial charge in [-0.1, -0.05) is 6.07 Å². The molecule has 0 aliphatic rings. The predicted molar refractivity (Wildman–Crippen MR) is 91.7 cm³/mol. The van der Waals surface area contributed by atoms with Crippen LogP contribution in [0.3, 0.4) is 0 Å². The van der Waals surface area contributed by atoms with E-state index in [1.54, 1.807) is 20.4 Å². The van der Waals surface area contributed by atoms with Gasteiger partial charge in [-0.25, -0.2) is 4.98 Å². The number of hydrogen-bond acceptors (Lipinski definition) is 4. The second kappa shape index (κ2) is 8.19. The molecule has 1 aromatic heterocycles. The van der Waals surface area contributed by atoms with Crippen LogP contribution in [0.2, 0.25) is 0 Å². The molecule has 0 amide bonds. The fourth-order valence-electron chi connectivity index (χ4n) is 1.99. The normalized spacial score (nSPS) is 9.91. The molecule has 5 nitrogen and oxygen atoms in total. The van der Waals surface area contributed by atoms with Gasteiger partial charge in [0, 0.05) is 12.7 Å². The van der Waals surface area contributed by atoms with Crippen molar-refractivity contribution >= 4 is 23.1 Å². The zero-order valence-electron chi connectivity index (χ0n) is 12.6. The molecule has 1 heterocycles. The summed E-state index contributed by atoms with van der Waals surface area (Å²) >= 11 is 5.24. The van der Waals surface area contributed by atoms with E-state index >= 15 is 0 Å². The Kier molecular flexibility index (Phi) is 5.97. The Labute approximate surface area is 135 Å². The maximum atomic E-state index is 5.36. The molecule has 0 saturated heterocycles. The van der Waals surface area contributed by atoms with Crippen LogP contribution in [0.4, 0.5) is 5.82 Å². The lowest BCUT2D eigenvalue weighted by atomic mass is 10.1. The van der Waals surface area contributed by atoms with Crippen molar-refractivity contribution in [3.05, 3.63) is 48.2 Å². The van der Waals surface area contributed by atoms with Gasteiger partial charge < -0.3 is 20.1 Å². The Morgan fingerprint density at radius 2 is 2.05 bits per heavy atom. The maximum absolute atomic E-state index is 5.36. The fourth-order valence-corrected chi connectivity index (χ4v) is 2.19. The SMILES string of the molecule is COc1ccc(OC)c(CCNC(=S)Nc2ccccn2)c1. The summed E-state index contributed by atoms with van der Waals surface area (Å²) in [6, 6.07) is 11.4. The quantitative estimate of drug-likeness (QED) is 0.799. The molecule has 1 aromatic carbocycles. The van der Waals surface area contributed by atoms with E-state index in [0.29, 0.717) is 11.7 Å². The van der Waals surface area contributed by atoms with E-state index in [9.17, 15) is 0 Å². The minimum atomic E-state index is 0.542. The number of anilines is 1. The van der Waals surface area contributed by atoms with E-state index in [0.717, 1.165) is 29.3 Å². The van der Waals surface area contributed by atoms with E-state index in [1.807, 2.05) is 36.4 Å². The second-order valence-corrected chi connectivity index (χ2v) is 4.93. The number of hydrogen-bond donors (Lipinski definition) is 2. The molecular weight excluding hydrogens is 298 g/mol. The van der Waals surface area contributed by atoms with Crippen molar-refractivity contribution in [3.63, 3.8) is 0 Å². The highest BCUT2D eigenvalue weighted by Crippen LogP contribution is 2.24. The summed E-state index contributed by atoms with van der Waals surface area (Å²) in [4.78, 5) is 4.16. The Bertz CT molecular complexity index is 620. The molecule has 0 saturated carbocycles. The number of aromatic nitrogens is 1. The number of ether oxygens (including phenoxy) is 2. The molecule has 6 heteroatoms. The van der Waals surface area contributed by atoms with Crippen molar-refractivity contribution in [3.8, 4) is 11.5 Å². The monoisotopic (exact) mass is 317 g/mol. The highest BCUT2D eigenvalue weighted by Gasteiger charge is 2.05. The highest BCUT2D eigenvalue weighted by atomic mass is 32.1. The van der Waals surface area contributed by atoms with E-state index in [2.05, 4.69) is 15.6 Å². The third-order valence-electron chi connectivity index (χ3n) is 3.07. The number of rotatable bonds is 6. The van der Waals surface area contributed by atoms with Crippen LogP contribution in [0.5, 0.6) is 11.5 Å². The molecule has 0 atom stereocenters. The van der Waals surface area contributed by atoms with Gasteiger partial charge in [0.15, 0.2) is 5.11 Å². The summed E-state index contributed by atoms with van der Waals surface area (Å²) in [5, 5.41) is 6.73. The zero-order valence-corrected chi connectivity index (χ0v) is 13.4. The Morgan fingerprint density at radius 1 is 1.18 bits per heavy atom. The van der Waals surface area contributed by atoms with E-state index in [-0.39, 0.29) is 0 Å². The number of nitrogens with one attached hydrogen (secondary N) is 2. The third kappa shape index (κ3) is 4.60. The minimum Gasteiger partial charge on any atom is -0.497 e. The summed E-state index contributed by atoms with van der Waals surface area (Å²) in [5.74, 6) is 2.37. The number of benzene rings is 1. The molecule has 0 fully saturated rings. The van der Waals surface area contributed by atoms with Gasteiger partial charge in [-0.2, -0.15) is 0 Å². The lowest BCUT2D eigenvalue weighted by molar-refractivity contribution is 0.398. The van der Waals surface area contributed by atoms with Crippen molar-refractivity contribution < 1.29 is 9.47 Å². The van der Waals surface area contributed by atoms with Gasteiger partial charge >= 0.3 is 0 Å². The van der Waals surface area contributed by atoms with Gasteiger partial charge in [0.05, 0.1) is 14.2 Å². The molecule has 2 aromatic rings. The third-order valence-corrected chi connectivity index (χ3v) is 3.32. The second-order valence-electron chi connectivity index (χ2n) is 4.52. The van der Waals surface area contributed by atoms with Gasteiger partial charge in [-0.05, 0) is 54.5 Å². The van der Waals surface area contributed by atoms with Gasteiger partial charge in [0.25, 0.3) is 0 Å². The number of pyridine rings is 1. The van der Waals surface area contributed by atoms with E-state index < -0.39 is 0 Å². The Balaban J connectivity index is 1.86. The van der Waals surface area contributed by atoms with Crippen LogP contribution in [0.1, 0.15) is 5.56 Å². The molecule has 0 spiro atoms. The van der Waals surface area contributed by atoms with Crippen LogP contribution >= 0.6 is 12.2 Å². The summed E-state index contributed by atoms with van der Waals surface area (Å²) in [6.07, 6.45) is 2.48. The topological polar surface area (TPSA) is 55.4 Å². The Morgan fingerprint density at radius 3 is 2.73 bits per heavy atom. The molecule has 0 radical (unpaired) electrons. The predicted octanol–water partition coefficient (Wildman–Crippen LogP) is 2.63. The van der Waals surface area contributed by atoms with Crippen LogP contribution in [0, 0.1) is 0 Å². The van der Waals surface area contributed by atoms with E-state index in [1.165, 1.54) is 0 Å². The standard InChI is InChI=1S/C16H19N3O2S/c1-20-13-6-7-14(21-2)12(11-13)8-10-18-16(22)19-15-5-3-4-9-17-15/h3-7,9,11H,8,10H2,1-2H3,(H2,17,18,19,22). The van der Waals surface area contributed by atoms with E-state index in [4.69, 9.17) is 21.7 Å². The fraction of sp³-hybridized carbons (Fsp3) is 0.250. The molecule has 0 aliphatic carbocycles. The number of methoxy groups -OCH3 is 2. The first kappa shape index (κ1) is 16.0. The van der Waals surface area contributed by atoms with Gasteiger partial charge in [0.2, 0.25) is 0 Å². The average Bonchev–Trinajstić information content (AvgIpc) is 2.55. The summed E-state index contributed by atoms with van der Waals surface area (Å²) in [7, 11) is 3.31. The molecule has 0 unspecified atom stereocenters. The number of thiocarbonyl (C=S) groups is 1. The van der Waals surface area contributed by atoms with Crippen LogP contribution < -0.4 is 20.1 Å². The summed E-state index contributed by atoms with van der Waals surface area (Å²) in [5.41, 5.74) is 1.06. The lowest BCUT2D eigenvalue weighted by Crippen LogP contribution is -2.30. The zero-order chi connectivity index (χ0) is 15.8. The molecule has 0 bridgehead atoms. The minimum absolute atomic E-state index is 0.542. The van der Waals surface area contributed by atoms with Crippen LogP contribution in [-0.2, 0) is 6.42 Å². The van der Waals surface area contributed by atoms with Crippen LogP contribution in [0.25, 0.3) is 0 Å². The first-order valence-corrected chi connectivity index (χ1v) is 7.30. The largest absolute Gasteiger partial charge is 0.497 e. The molecular formula is C16H19N3O2S. The average molecular weight is 317 g/mol. The molecule has 2 rings (SSSR count). The molecule has 22 heavy (non-hydrogen) atoms. The van der Waals surface area contributed by atoms with Crippen LogP contribution in [-0.4, -0.2) is 30.9 Å².